The highest BCUT2D eigenvalue weighted by molar-refractivity contribution is 7.21. The second-order valence-electron chi connectivity index (χ2n) is 8.13. The first-order valence-corrected chi connectivity index (χ1v) is 12.0. The average Bonchev–Trinajstić information content (AvgIpc) is 3.49. The third kappa shape index (κ3) is 4.03. The van der Waals surface area contributed by atoms with Crippen molar-refractivity contribution < 1.29 is 0 Å². The van der Waals surface area contributed by atoms with Gasteiger partial charge in [0, 0.05) is 61.6 Å². The van der Waals surface area contributed by atoms with Gasteiger partial charge in [0.2, 0.25) is 0 Å². The van der Waals surface area contributed by atoms with Gasteiger partial charge in [-0.05, 0) is 37.3 Å². The van der Waals surface area contributed by atoms with Crippen molar-refractivity contribution in [1.82, 2.24) is 30.1 Å². The van der Waals surface area contributed by atoms with Crippen molar-refractivity contribution in [2.45, 2.75) is 6.92 Å². The number of rotatable bonds is 5. The molecule has 9 nitrogen and oxygen atoms in total. The Morgan fingerprint density at radius 3 is 2.62 bits per heavy atom. The predicted molar refractivity (Wildman–Crippen MR) is 136 cm³/mol. The Balaban J connectivity index is 1.16. The molecule has 0 unspecified atom stereocenters. The maximum atomic E-state index is 4.78. The van der Waals surface area contributed by atoms with E-state index in [0.29, 0.717) is 0 Å². The van der Waals surface area contributed by atoms with E-state index < -0.39 is 0 Å². The Bertz CT molecular complexity index is 1420. The van der Waals surface area contributed by atoms with Gasteiger partial charge >= 0.3 is 0 Å². The fourth-order valence-electron chi connectivity index (χ4n) is 4.16. The van der Waals surface area contributed by atoms with Crippen LogP contribution in [0.25, 0.3) is 21.6 Å². The van der Waals surface area contributed by atoms with Crippen LogP contribution in [0, 0.1) is 6.92 Å². The Labute approximate surface area is 200 Å². The number of piperazine rings is 1. The van der Waals surface area contributed by atoms with Crippen molar-refractivity contribution in [1.29, 1.82) is 0 Å². The summed E-state index contributed by atoms with van der Waals surface area (Å²) in [6, 6.07) is 14.2. The summed E-state index contributed by atoms with van der Waals surface area (Å²) in [5, 5.41) is 11.2. The Kier molecular flexibility index (Phi) is 5.27. The number of aryl methyl sites for hydroxylation is 1. The number of hydrogen-bond donors (Lipinski definition) is 2. The van der Waals surface area contributed by atoms with Gasteiger partial charge in [0.05, 0.1) is 11.9 Å². The summed E-state index contributed by atoms with van der Waals surface area (Å²) in [7, 11) is 0. The second-order valence-corrected chi connectivity index (χ2v) is 9.11. The van der Waals surface area contributed by atoms with Gasteiger partial charge in [0.1, 0.15) is 22.0 Å². The smallest absolute Gasteiger partial charge is 0.190 e. The van der Waals surface area contributed by atoms with Gasteiger partial charge in [0.15, 0.2) is 5.13 Å². The number of anilines is 4. The Hall–Kier alpha value is -4.05. The molecule has 0 saturated carbocycles. The van der Waals surface area contributed by atoms with Crippen LogP contribution in [0.5, 0.6) is 0 Å². The van der Waals surface area contributed by atoms with E-state index in [1.54, 1.807) is 6.20 Å². The molecule has 170 valence electrons. The minimum absolute atomic E-state index is 0.771. The lowest BCUT2D eigenvalue weighted by Crippen LogP contribution is -2.46. The lowest BCUT2D eigenvalue weighted by atomic mass is 10.2. The van der Waals surface area contributed by atoms with Crippen LogP contribution in [0.4, 0.5) is 22.5 Å². The summed E-state index contributed by atoms with van der Waals surface area (Å²) in [4.78, 5) is 24.0. The number of thiazole rings is 1. The zero-order valence-electron chi connectivity index (χ0n) is 18.6. The minimum atomic E-state index is 0.771. The first-order chi connectivity index (χ1) is 16.7. The van der Waals surface area contributed by atoms with Crippen molar-refractivity contribution in [3.63, 3.8) is 0 Å². The number of aromatic amines is 1. The average molecular weight is 470 g/mol. The largest absolute Gasteiger partial charge is 0.368 e. The SMILES string of the molecule is Cc1[nH]ncc1-c1ccc2nc(Nc3cc(N4CCN(c5ccccn5)CC4)ccn3)sc2n1. The normalized spacial score (nSPS) is 14.0. The maximum absolute atomic E-state index is 4.78. The molecule has 0 radical (unpaired) electrons. The standard InChI is InChI=1S/C24H23N9S/c1-16-18(15-27-31-16)19-5-6-20-23(28-19)34-24(29-20)30-21-14-17(7-9-25-21)32-10-12-33(13-11-32)22-4-2-3-8-26-22/h2-9,14-15H,10-13H2,1H3,(H,27,31)(H,25,29,30). The third-order valence-electron chi connectivity index (χ3n) is 5.96. The molecular formula is C24H23N9S. The molecule has 0 atom stereocenters. The molecule has 1 aliphatic rings. The molecule has 5 aromatic heterocycles. The van der Waals surface area contributed by atoms with Gasteiger partial charge in [-0.25, -0.2) is 19.9 Å². The van der Waals surface area contributed by atoms with E-state index in [0.717, 1.165) is 75.9 Å². The second kappa shape index (κ2) is 8.71. The van der Waals surface area contributed by atoms with Crippen LogP contribution in [0.1, 0.15) is 5.69 Å². The van der Waals surface area contributed by atoms with Gasteiger partial charge in [-0.2, -0.15) is 5.10 Å². The molecule has 1 saturated heterocycles. The number of fused-ring (bicyclic) bond motifs is 1. The van der Waals surface area contributed by atoms with Gasteiger partial charge in [-0.3, -0.25) is 5.10 Å². The number of nitrogens with one attached hydrogen (secondary N) is 2. The summed E-state index contributed by atoms with van der Waals surface area (Å²) in [6.45, 7) is 5.72. The van der Waals surface area contributed by atoms with Crippen molar-refractivity contribution in [3.8, 4) is 11.3 Å². The number of hydrogen-bond acceptors (Lipinski definition) is 9. The van der Waals surface area contributed by atoms with Crippen molar-refractivity contribution in [3.05, 3.63) is 66.7 Å². The monoisotopic (exact) mass is 469 g/mol. The van der Waals surface area contributed by atoms with Gasteiger partial charge in [0.25, 0.3) is 0 Å². The topological polar surface area (TPSA) is 98.8 Å². The molecule has 1 fully saturated rings. The molecular weight excluding hydrogens is 446 g/mol. The molecule has 0 amide bonds. The van der Waals surface area contributed by atoms with E-state index in [1.165, 1.54) is 11.3 Å². The van der Waals surface area contributed by atoms with Crippen LogP contribution in [0.2, 0.25) is 0 Å². The lowest BCUT2D eigenvalue weighted by molar-refractivity contribution is 0.647. The lowest BCUT2D eigenvalue weighted by Gasteiger charge is -2.36. The van der Waals surface area contributed by atoms with Crippen molar-refractivity contribution >= 4 is 44.1 Å². The van der Waals surface area contributed by atoms with Gasteiger partial charge in [-0.1, -0.05) is 17.4 Å². The van der Waals surface area contributed by atoms with Crippen LogP contribution in [-0.2, 0) is 0 Å². The summed E-state index contributed by atoms with van der Waals surface area (Å²) in [5.41, 5.74) is 4.90. The summed E-state index contributed by atoms with van der Waals surface area (Å²) in [5.74, 6) is 1.81. The molecule has 5 aromatic rings. The van der Waals surface area contributed by atoms with Crippen LogP contribution >= 0.6 is 11.3 Å². The van der Waals surface area contributed by atoms with E-state index in [1.807, 2.05) is 43.6 Å². The van der Waals surface area contributed by atoms with E-state index in [9.17, 15) is 0 Å². The molecule has 6 heterocycles. The number of pyridine rings is 3. The summed E-state index contributed by atoms with van der Waals surface area (Å²) in [6.07, 6.45) is 5.49. The molecule has 6 rings (SSSR count). The van der Waals surface area contributed by atoms with E-state index in [-0.39, 0.29) is 0 Å². The Morgan fingerprint density at radius 1 is 0.941 bits per heavy atom. The van der Waals surface area contributed by atoms with Crippen molar-refractivity contribution in [2.75, 3.05) is 41.3 Å². The first-order valence-electron chi connectivity index (χ1n) is 11.1. The maximum Gasteiger partial charge on any atom is 0.190 e. The van der Waals surface area contributed by atoms with Crippen LogP contribution in [-0.4, -0.2) is 56.3 Å². The highest BCUT2D eigenvalue weighted by atomic mass is 32.1. The number of nitrogens with zero attached hydrogens (tertiary/aromatic N) is 7. The number of H-pyrrole nitrogens is 1. The van der Waals surface area contributed by atoms with Crippen LogP contribution in [0.3, 0.4) is 0 Å². The summed E-state index contributed by atoms with van der Waals surface area (Å²) < 4.78 is 0. The van der Waals surface area contributed by atoms with Crippen molar-refractivity contribution in [2.24, 2.45) is 0 Å². The minimum Gasteiger partial charge on any atom is -0.368 e. The molecule has 1 aliphatic heterocycles. The van der Waals surface area contributed by atoms with E-state index >= 15 is 0 Å². The van der Waals surface area contributed by atoms with Gasteiger partial charge in [-0.15, -0.1) is 0 Å². The zero-order chi connectivity index (χ0) is 22.9. The molecule has 0 bridgehead atoms. The van der Waals surface area contributed by atoms with E-state index in [2.05, 4.69) is 53.5 Å². The molecule has 0 spiro atoms. The fraction of sp³-hybridized carbons (Fsp3) is 0.208. The Morgan fingerprint density at radius 2 is 1.82 bits per heavy atom. The molecule has 34 heavy (non-hydrogen) atoms. The fourth-order valence-corrected chi connectivity index (χ4v) is 5.00. The zero-order valence-corrected chi connectivity index (χ0v) is 19.5. The van der Waals surface area contributed by atoms with Crippen LogP contribution < -0.4 is 15.1 Å². The predicted octanol–water partition coefficient (Wildman–Crippen LogP) is 4.25. The molecule has 0 aromatic carbocycles. The van der Waals surface area contributed by atoms with E-state index in [4.69, 9.17) is 9.97 Å². The quantitative estimate of drug-likeness (QED) is 0.394. The van der Waals surface area contributed by atoms with Gasteiger partial charge < -0.3 is 15.1 Å². The van der Waals surface area contributed by atoms with Crippen LogP contribution in [0.15, 0.2) is 61.1 Å². The molecule has 2 N–H and O–H groups in total. The summed E-state index contributed by atoms with van der Waals surface area (Å²) >= 11 is 1.52. The highest BCUT2D eigenvalue weighted by Gasteiger charge is 2.19. The first kappa shape index (κ1) is 20.5. The molecule has 10 heteroatoms. The highest BCUT2D eigenvalue weighted by Crippen LogP contribution is 2.30. The third-order valence-corrected chi connectivity index (χ3v) is 6.84. The molecule has 0 aliphatic carbocycles. The number of aromatic nitrogens is 6.